The molecule has 0 aliphatic carbocycles. The van der Waals surface area contributed by atoms with Gasteiger partial charge in [0.1, 0.15) is 0 Å². The molecule has 0 N–H and O–H groups in total. The minimum absolute atomic E-state index is 0.338. The van der Waals surface area contributed by atoms with Crippen molar-refractivity contribution in [1.29, 1.82) is 0 Å². The molecule has 2 aliphatic heterocycles. The van der Waals surface area contributed by atoms with E-state index in [4.69, 9.17) is 9.47 Å². The number of ether oxygens (including phenoxy) is 2. The van der Waals surface area contributed by atoms with Crippen LogP contribution in [0.1, 0.15) is 6.42 Å². The van der Waals surface area contributed by atoms with Crippen LogP contribution in [0.4, 0.5) is 0 Å². The van der Waals surface area contributed by atoms with Crippen LogP contribution < -0.4 is 0 Å². The molecule has 0 aromatic carbocycles. The van der Waals surface area contributed by atoms with Gasteiger partial charge in [-0.05, 0) is 6.42 Å². The lowest BCUT2D eigenvalue weighted by molar-refractivity contribution is 0.0740. The van der Waals surface area contributed by atoms with Crippen LogP contribution in [0.5, 0.6) is 0 Å². The van der Waals surface area contributed by atoms with Gasteiger partial charge in [-0.15, -0.1) is 0 Å². The first-order valence-corrected chi connectivity index (χ1v) is 4.17. The van der Waals surface area contributed by atoms with Gasteiger partial charge < -0.3 is 9.47 Å². The Morgan fingerprint density at radius 3 is 3.00 bits per heavy atom. The van der Waals surface area contributed by atoms with E-state index in [2.05, 4.69) is 15.9 Å². The number of halogens is 1. The highest BCUT2D eigenvalue weighted by Crippen LogP contribution is 2.30. The first kappa shape index (κ1) is 6.13. The Kier molecular flexibility index (Phi) is 1.51. The van der Waals surface area contributed by atoms with Crippen molar-refractivity contribution in [3.05, 3.63) is 0 Å². The average molecular weight is 193 g/mol. The van der Waals surface area contributed by atoms with E-state index in [-0.39, 0.29) is 0 Å². The molecule has 2 saturated heterocycles. The van der Waals surface area contributed by atoms with Crippen LogP contribution in [0.15, 0.2) is 0 Å². The summed E-state index contributed by atoms with van der Waals surface area (Å²) in [5, 5.41) is 0. The minimum Gasteiger partial charge on any atom is -0.374 e. The summed E-state index contributed by atoms with van der Waals surface area (Å²) in [6.45, 7) is 1.69. The molecule has 9 heavy (non-hydrogen) atoms. The Bertz CT molecular complexity index is 118. The van der Waals surface area contributed by atoms with Crippen LogP contribution >= 0.6 is 15.9 Å². The third-order valence-electron chi connectivity index (χ3n) is 1.91. The molecule has 2 heterocycles. The van der Waals surface area contributed by atoms with Gasteiger partial charge in [-0.3, -0.25) is 0 Å². The summed E-state index contributed by atoms with van der Waals surface area (Å²) < 4.78 is 10.8. The lowest BCUT2D eigenvalue weighted by Gasteiger charge is -2.07. The molecule has 0 unspecified atom stereocenters. The summed E-state index contributed by atoms with van der Waals surface area (Å²) in [5.74, 6) is 0. The van der Waals surface area contributed by atoms with Gasteiger partial charge >= 0.3 is 0 Å². The molecule has 2 aliphatic rings. The zero-order valence-electron chi connectivity index (χ0n) is 5.05. The predicted octanol–water partition coefficient (Wildman–Crippen LogP) is 0.938. The zero-order valence-corrected chi connectivity index (χ0v) is 6.63. The highest BCUT2D eigenvalue weighted by atomic mass is 79.9. The van der Waals surface area contributed by atoms with Crippen LogP contribution in [0.25, 0.3) is 0 Å². The van der Waals surface area contributed by atoms with Gasteiger partial charge in [-0.25, -0.2) is 0 Å². The maximum atomic E-state index is 5.42. The van der Waals surface area contributed by atoms with Crippen LogP contribution in [0.2, 0.25) is 0 Å². The number of hydrogen-bond acceptors (Lipinski definition) is 2. The van der Waals surface area contributed by atoms with E-state index in [1.54, 1.807) is 0 Å². The van der Waals surface area contributed by atoms with Crippen molar-refractivity contribution < 1.29 is 9.47 Å². The minimum atomic E-state index is 0.338. The second-order valence-electron chi connectivity index (χ2n) is 2.51. The molecule has 0 spiro atoms. The second kappa shape index (κ2) is 2.22. The van der Waals surface area contributed by atoms with Gasteiger partial charge in [0.25, 0.3) is 0 Å². The molecule has 0 bridgehead atoms. The molecule has 0 radical (unpaired) electrons. The predicted molar refractivity (Wildman–Crippen MR) is 36.8 cm³/mol. The molecular formula is C6H9BrO2. The number of rotatable bonds is 0. The lowest BCUT2D eigenvalue weighted by Crippen LogP contribution is -2.21. The molecular weight excluding hydrogens is 184 g/mol. The fourth-order valence-corrected chi connectivity index (χ4v) is 2.06. The summed E-state index contributed by atoms with van der Waals surface area (Å²) in [6, 6.07) is 0. The van der Waals surface area contributed by atoms with E-state index in [0.717, 1.165) is 19.6 Å². The van der Waals surface area contributed by atoms with E-state index >= 15 is 0 Å². The van der Waals surface area contributed by atoms with E-state index in [1.807, 2.05) is 0 Å². The molecule has 3 atom stereocenters. The second-order valence-corrected chi connectivity index (χ2v) is 3.69. The monoisotopic (exact) mass is 192 g/mol. The van der Waals surface area contributed by atoms with Gasteiger partial charge in [-0.1, -0.05) is 15.9 Å². The quantitative estimate of drug-likeness (QED) is 0.533. The molecule has 2 nitrogen and oxygen atoms in total. The molecule has 0 aromatic rings. The molecule has 0 aromatic heterocycles. The van der Waals surface area contributed by atoms with Crippen LogP contribution in [0, 0.1) is 0 Å². The van der Waals surface area contributed by atoms with Crippen molar-refractivity contribution in [2.75, 3.05) is 13.2 Å². The van der Waals surface area contributed by atoms with Crippen LogP contribution in [-0.2, 0) is 9.47 Å². The van der Waals surface area contributed by atoms with Crippen molar-refractivity contribution in [3.8, 4) is 0 Å². The molecule has 52 valence electrons. The Hall–Kier alpha value is 0.400. The standard InChI is InChI=1S/C6H9BrO2/c7-4-3-9-5-1-2-8-6(4)5/h4-6H,1-3H2/t4-,5+,6-/m0/s1. The van der Waals surface area contributed by atoms with Crippen LogP contribution in [0.3, 0.4) is 0 Å². The first-order chi connectivity index (χ1) is 4.38. The van der Waals surface area contributed by atoms with Gasteiger partial charge in [0, 0.05) is 6.61 Å². The van der Waals surface area contributed by atoms with Gasteiger partial charge in [-0.2, -0.15) is 0 Å². The third kappa shape index (κ3) is 0.914. The Balaban J connectivity index is 2.07. The fourth-order valence-electron chi connectivity index (χ4n) is 1.42. The van der Waals surface area contributed by atoms with E-state index in [9.17, 15) is 0 Å². The third-order valence-corrected chi connectivity index (χ3v) is 2.69. The van der Waals surface area contributed by atoms with Crippen molar-refractivity contribution in [2.45, 2.75) is 23.5 Å². The summed E-state index contributed by atoms with van der Waals surface area (Å²) >= 11 is 3.50. The van der Waals surface area contributed by atoms with Crippen molar-refractivity contribution in [1.82, 2.24) is 0 Å². The molecule has 2 rings (SSSR count). The van der Waals surface area contributed by atoms with Crippen molar-refractivity contribution >= 4 is 15.9 Å². The summed E-state index contributed by atoms with van der Waals surface area (Å²) in [6.07, 6.45) is 1.80. The summed E-state index contributed by atoms with van der Waals surface area (Å²) in [7, 11) is 0. The maximum absolute atomic E-state index is 5.42. The Morgan fingerprint density at radius 1 is 1.33 bits per heavy atom. The van der Waals surface area contributed by atoms with Crippen LogP contribution in [-0.4, -0.2) is 30.2 Å². The molecule has 0 amide bonds. The highest BCUT2D eigenvalue weighted by molar-refractivity contribution is 9.09. The van der Waals surface area contributed by atoms with E-state index in [1.165, 1.54) is 0 Å². The summed E-state index contributed by atoms with van der Waals surface area (Å²) in [5.41, 5.74) is 0. The number of hydrogen-bond donors (Lipinski definition) is 0. The average Bonchev–Trinajstić information content (AvgIpc) is 2.35. The zero-order chi connectivity index (χ0) is 6.27. The normalized spacial score (nSPS) is 49.7. The molecule has 3 heteroatoms. The van der Waals surface area contributed by atoms with E-state index < -0.39 is 0 Å². The van der Waals surface area contributed by atoms with E-state index in [0.29, 0.717) is 17.0 Å². The van der Waals surface area contributed by atoms with Crippen molar-refractivity contribution in [2.24, 2.45) is 0 Å². The Morgan fingerprint density at radius 2 is 2.22 bits per heavy atom. The largest absolute Gasteiger partial charge is 0.374 e. The fraction of sp³-hybridized carbons (Fsp3) is 1.00. The maximum Gasteiger partial charge on any atom is 0.0984 e. The Labute approximate surface area is 62.6 Å². The molecule has 0 saturated carbocycles. The van der Waals surface area contributed by atoms with Gasteiger partial charge in [0.2, 0.25) is 0 Å². The van der Waals surface area contributed by atoms with Gasteiger partial charge in [0.15, 0.2) is 0 Å². The highest BCUT2D eigenvalue weighted by Gasteiger charge is 2.40. The first-order valence-electron chi connectivity index (χ1n) is 3.25. The SMILES string of the molecule is Br[C@H]1CO[C@@H]2CCO[C@@H]12. The summed E-state index contributed by atoms with van der Waals surface area (Å²) in [4.78, 5) is 0.435. The smallest absolute Gasteiger partial charge is 0.0984 e. The number of fused-ring (bicyclic) bond motifs is 1. The molecule has 2 fully saturated rings. The topological polar surface area (TPSA) is 18.5 Å². The van der Waals surface area contributed by atoms with Gasteiger partial charge in [0.05, 0.1) is 23.6 Å². The van der Waals surface area contributed by atoms with Crippen molar-refractivity contribution in [3.63, 3.8) is 0 Å². The number of alkyl halides is 1. The lowest BCUT2D eigenvalue weighted by atomic mass is 10.2.